The standard InChI is InChI=1S/C19H33N3O3.HI/c1-14(2)8-7-10-21-19(20-3)22-11-9-16-17(24-5)12-15(23-4)13-18(16)25-6;/h12-14H,7-11H2,1-6H3,(H2,20,21,22);1H. The van der Waals surface area contributed by atoms with E-state index in [-0.39, 0.29) is 24.0 Å². The van der Waals surface area contributed by atoms with Crippen molar-refractivity contribution in [3.63, 3.8) is 0 Å². The number of aliphatic imine (C=N–C) groups is 1. The minimum absolute atomic E-state index is 0. The Morgan fingerprint density at radius 2 is 1.58 bits per heavy atom. The Kier molecular flexibility index (Phi) is 13.0. The van der Waals surface area contributed by atoms with Crippen LogP contribution >= 0.6 is 24.0 Å². The zero-order valence-electron chi connectivity index (χ0n) is 16.8. The maximum absolute atomic E-state index is 5.48. The molecule has 2 N–H and O–H groups in total. The van der Waals surface area contributed by atoms with Crippen molar-refractivity contribution < 1.29 is 14.2 Å². The third-order valence-electron chi connectivity index (χ3n) is 3.96. The summed E-state index contributed by atoms with van der Waals surface area (Å²) in [4.78, 5) is 4.26. The number of benzene rings is 1. The SMILES string of the molecule is CN=C(NCCCC(C)C)NCCc1c(OC)cc(OC)cc1OC.I. The molecule has 0 amide bonds. The molecule has 0 radical (unpaired) electrons. The van der Waals surface area contributed by atoms with Gasteiger partial charge in [0, 0.05) is 37.8 Å². The molecule has 0 bridgehead atoms. The molecule has 0 heterocycles. The van der Waals surface area contributed by atoms with E-state index in [1.54, 1.807) is 28.4 Å². The molecule has 0 aliphatic carbocycles. The third-order valence-corrected chi connectivity index (χ3v) is 3.96. The van der Waals surface area contributed by atoms with Crippen LogP contribution < -0.4 is 24.8 Å². The summed E-state index contributed by atoms with van der Waals surface area (Å²) in [7, 11) is 6.72. The van der Waals surface area contributed by atoms with Gasteiger partial charge < -0.3 is 24.8 Å². The van der Waals surface area contributed by atoms with E-state index in [1.807, 2.05) is 12.1 Å². The van der Waals surface area contributed by atoms with Gasteiger partial charge in [0.2, 0.25) is 0 Å². The first-order chi connectivity index (χ1) is 12.0. The van der Waals surface area contributed by atoms with Gasteiger partial charge in [-0.3, -0.25) is 4.99 Å². The Hall–Kier alpha value is -1.38. The number of halogens is 1. The first kappa shape index (κ1) is 24.6. The number of nitrogens with one attached hydrogen (secondary N) is 2. The van der Waals surface area contributed by atoms with Crippen LogP contribution in [-0.4, -0.2) is 47.4 Å². The third kappa shape index (κ3) is 8.33. The molecule has 0 saturated carbocycles. The second-order valence-electron chi connectivity index (χ2n) is 6.22. The monoisotopic (exact) mass is 479 g/mol. The van der Waals surface area contributed by atoms with Gasteiger partial charge in [-0.05, 0) is 25.2 Å². The maximum atomic E-state index is 5.48. The van der Waals surface area contributed by atoms with Crippen LogP contribution in [-0.2, 0) is 6.42 Å². The number of rotatable bonds is 10. The van der Waals surface area contributed by atoms with Gasteiger partial charge in [-0.1, -0.05) is 13.8 Å². The zero-order valence-corrected chi connectivity index (χ0v) is 19.2. The van der Waals surface area contributed by atoms with Gasteiger partial charge in [-0.2, -0.15) is 0 Å². The lowest BCUT2D eigenvalue weighted by Gasteiger charge is -2.16. The van der Waals surface area contributed by atoms with Crippen molar-refractivity contribution in [2.75, 3.05) is 41.5 Å². The predicted molar refractivity (Wildman–Crippen MR) is 119 cm³/mol. The van der Waals surface area contributed by atoms with Crippen molar-refractivity contribution in [3.8, 4) is 17.2 Å². The summed E-state index contributed by atoms with van der Waals surface area (Å²) in [5.41, 5.74) is 1.01. The number of methoxy groups -OCH3 is 3. The first-order valence-electron chi connectivity index (χ1n) is 8.79. The number of ether oxygens (including phenoxy) is 3. The summed E-state index contributed by atoms with van der Waals surface area (Å²) in [6, 6.07) is 3.74. The Balaban J connectivity index is 0.00000625. The topological polar surface area (TPSA) is 64.1 Å². The molecule has 150 valence electrons. The van der Waals surface area contributed by atoms with Crippen LogP contribution in [0.25, 0.3) is 0 Å². The highest BCUT2D eigenvalue weighted by molar-refractivity contribution is 14.0. The van der Waals surface area contributed by atoms with E-state index < -0.39 is 0 Å². The number of hydrogen-bond acceptors (Lipinski definition) is 4. The van der Waals surface area contributed by atoms with Crippen LogP contribution in [0.15, 0.2) is 17.1 Å². The van der Waals surface area contributed by atoms with E-state index in [0.717, 1.165) is 54.9 Å². The van der Waals surface area contributed by atoms with Crippen LogP contribution in [0.2, 0.25) is 0 Å². The van der Waals surface area contributed by atoms with Gasteiger partial charge in [0.1, 0.15) is 17.2 Å². The highest BCUT2D eigenvalue weighted by atomic mass is 127. The number of hydrogen-bond donors (Lipinski definition) is 2. The van der Waals surface area contributed by atoms with Crippen LogP contribution in [0.5, 0.6) is 17.2 Å². The lowest BCUT2D eigenvalue weighted by atomic mass is 10.1. The van der Waals surface area contributed by atoms with Crippen molar-refractivity contribution >= 4 is 29.9 Å². The van der Waals surface area contributed by atoms with E-state index in [0.29, 0.717) is 5.75 Å². The Labute approximate surface area is 175 Å². The summed E-state index contributed by atoms with van der Waals surface area (Å²) in [5.74, 6) is 3.78. The molecule has 1 aromatic rings. The molecular formula is C19H34IN3O3. The van der Waals surface area contributed by atoms with Gasteiger partial charge in [-0.15, -0.1) is 24.0 Å². The van der Waals surface area contributed by atoms with Crippen molar-refractivity contribution in [1.29, 1.82) is 0 Å². The average molecular weight is 479 g/mol. The second-order valence-corrected chi connectivity index (χ2v) is 6.22. The predicted octanol–water partition coefficient (Wildman–Crippen LogP) is 3.47. The maximum Gasteiger partial charge on any atom is 0.190 e. The van der Waals surface area contributed by atoms with E-state index in [9.17, 15) is 0 Å². The van der Waals surface area contributed by atoms with Crippen LogP contribution in [0, 0.1) is 5.92 Å². The van der Waals surface area contributed by atoms with E-state index in [2.05, 4.69) is 29.5 Å². The molecule has 0 aromatic heterocycles. The lowest BCUT2D eigenvalue weighted by Crippen LogP contribution is -2.38. The van der Waals surface area contributed by atoms with Crippen LogP contribution in [0.1, 0.15) is 32.3 Å². The molecule has 1 aromatic carbocycles. The molecule has 0 aliphatic heterocycles. The summed E-state index contributed by atoms with van der Waals surface area (Å²) in [6.07, 6.45) is 3.10. The number of guanidine groups is 1. The van der Waals surface area contributed by atoms with Gasteiger partial charge in [0.25, 0.3) is 0 Å². The molecule has 0 spiro atoms. The van der Waals surface area contributed by atoms with Gasteiger partial charge in [0.05, 0.1) is 21.3 Å². The minimum atomic E-state index is 0. The van der Waals surface area contributed by atoms with Crippen molar-refractivity contribution in [1.82, 2.24) is 10.6 Å². The van der Waals surface area contributed by atoms with Crippen molar-refractivity contribution in [3.05, 3.63) is 17.7 Å². The molecule has 0 atom stereocenters. The Bertz CT molecular complexity index is 526. The summed E-state index contributed by atoms with van der Waals surface area (Å²) >= 11 is 0. The molecule has 1 rings (SSSR count). The average Bonchev–Trinajstić information content (AvgIpc) is 2.62. The molecule has 0 fully saturated rings. The molecule has 7 heteroatoms. The van der Waals surface area contributed by atoms with Gasteiger partial charge in [-0.25, -0.2) is 0 Å². The molecule has 26 heavy (non-hydrogen) atoms. The first-order valence-corrected chi connectivity index (χ1v) is 8.79. The van der Waals surface area contributed by atoms with Gasteiger partial charge in [0.15, 0.2) is 5.96 Å². The van der Waals surface area contributed by atoms with Crippen LogP contribution in [0.4, 0.5) is 0 Å². The van der Waals surface area contributed by atoms with Crippen LogP contribution in [0.3, 0.4) is 0 Å². The van der Waals surface area contributed by atoms with E-state index in [1.165, 1.54) is 6.42 Å². The Morgan fingerprint density at radius 3 is 2.04 bits per heavy atom. The number of nitrogens with zero attached hydrogens (tertiary/aromatic N) is 1. The fourth-order valence-corrected chi connectivity index (χ4v) is 2.57. The Morgan fingerprint density at radius 1 is 1.00 bits per heavy atom. The van der Waals surface area contributed by atoms with Crippen molar-refractivity contribution in [2.24, 2.45) is 10.9 Å². The fourth-order valence-electron chi connectivity index (χ4n) is 2.57. The highest BCUT2D eigenvalue weighted by Gasteiger charge is 2.13. The normalized spacial score (nSPS) is 11.0. The summed E-state index contributed by atoms with van der Waals surface area (Å²) in [6.45, 7) is 6.13. The summed E-state index contributed by atoms with van der Waals surface area (Å²) < 4.78 is 16.2. The largest absolute Gasteiger partial charge is 0.496 e. The van der Waals surface area contributed by atoms with Gasteiger partial charge >= 0.3 is 0 Å². The lowest BCUT2D eigenvalue weighted by molar-refractivity contribution is 0.368. The molecule has 0 aliphatic rings. The zero-order chi connectivity index (χ0) is 18.7. The second kappa shape index (κ2) is 13.8. The molecule has 0 saturated heterocycles. The fraction of sp³-hybridized carbons (Fsp3) is 0.632. The molecule has 6 nitrogen and oxygen atoms in total. The molecule has 0 unspecified atom stereocenters. The quantitative estimate of drug-likeness (QED) is 0.233. The molecular weight excluding hydrogens is 445 g/mol. The van der Waals surface area contributed by atoms with E-state index in [4.69, 9.17) is 14.2 Å². The summed E-state index contributed by atoms with van der Waals surface area (Å²) in [5, 5.41) is 6.68. The minimum Gasteiger partial charge on any atom is -0.496 e. The van der Waals surface area contributed by atoms with E-state index >= 15 is 0 Å². The van der Waals surface area contributed by atoms with Crippen molar-refractivity contribution in [2.45, 2.75) is 33.1 Å². The smallest absolute Gasteiger partial charge is 0.190 e. The highest BCUT2D eigenvalue weighted by Crippen LogP contribution is 2.34.